The summed E-state index contributed by atoms with van der Waals surface area (Å²) in [7, 11) is 1.89. The monoisotopic (exact) mass is 198 g/mol. The minimum Gasteiger partial charge on any atom is -0.335 e. The molecule has 1 aliphatic carbocycles. The van der Waals surface area contributed by atoms with Crippen LogP contribution in [0.2, 0.25) is 0 Å². The molecular weight excluding hydrogens is 176 g/mol. The summed E-state index contributed by atoms with van der Waals surface area (Å²) in [6.45, 7) is 4.25. The van der Waals surface area contributed by atoms with Crippen molar-refractivity contribution < 1.29 is 4.79 Å². The van der Waals surface area contributed by atoms with Gasteiger partial charge in [0.1, 0.15) is 0 Å². The normalized spacial score (nSPS) is 16.6. The van der Waals surface area contributed by atoms with Gasteiger partial charge < -0.3 is 10.2 Å². The van der Waals surface area contributed by atoms with Crippen molar-refractivity contribution >= 4 is 6.03 Å². The third kappa shape index (κ3) is 2.63. The third-order valence-electron chi connectivity index (χ3n) is 3.24. The Morgan fingerprint density at radius 3 is 2.36 bits per heavy atom. The fourth-order valence-corrected chi connectivity index (χ4v) is 1.83. The number of hydrogen-bond acceptors (Lipinski definition) is 1. The summed E-state index contributed by atoms with van der Waals surface area (Å²) in [5.41, 5.74) is 0. The van der Waals surface area contributed by atoms with Crippen molar-refractivity contribution in [2.45, 2.75) is 58.0 Å². The molecule has 0 unspecified atom stereocenters. The Hall–Kier alpha value is -0.730. The predicted octanol–water partition coefficient (Wildman–Crippen LogP) is 2.37. The van der Waals surface area contributed by atoms with Crippen LogP contribution in [0.5, 0.6) is 0 Å². The molecule has 1 aliphatic rings. The highest BCUT2D eigenvalue weighted by Crippen LogP contribution is 2.18. The molecule has 0 aliphatic heterocycles. The van der Waals surface area contributed by atoms with Crippen molar-refractivity contribution in [2.24, 2.45) is 0 Å². The van der Waals surface area contributed by atoms with Crippen LogP contribution in [0.4, 0.5) is 4.79 Å². The average molecular weight is 198 g/mol. The van der Waals surface area contributed by atoms with E-state index in [1.807, 2.05) is 11.9 Å². The summed E-state index contributed by atoms with van der Waals surface area (Å²) < 4.78 is 0. The second-order valence-corrected chi connectivity index (χ2v) is 4.16. The Morgan fingerprint density at radius 2 is 2.00 bits per heavy atom. The molecule has 3 nitrogen and oxygen atoms in total. The molecule has 2 amide bonds. The lowest BCUT2D eigenvalue weighted by molar-refractivity contribution is 0.176. The zero-order chi connectivity index (χ0) is 10.6. The van der Waals surface area contributed by atoms with E-state index < -0.39 is 0 Å². The first-order chi connectivity index (χ1) is 6.69. The van der Waals surface area contributed by atoms with Crippen molar-refractivity contribution in [3.8, 4) is 0 Å². The first-order valence-corrected chi connectivity index (χ1v) is 5.72. The van der Waals surface area contributed by atoms with E-state index in [9.17, 15) is 4.79 Å². The number of nitrogens with zero attached hydrogens (tertiary/aromatic N) is 1. The van der Waals surface area contributed by atoms with Crippen LogP contribution >= 0.6 is 0 Å². The Kier molecular flexibility index (Phi) is 4.23. The Morgan fingerprint density at radius 1 is 1.43 bits per heavy atom. The van der Waals surface area contributed by atoms with Crippen LogP contribution in [-0.2, 0) is 0 Å². The van der Waals surface area contributed by atoms with Crippen LogP contribution in [0.15, 0.2) is 0 Å². The highest BCUT2D eigenvalue weighted by Gasteiger charge is 2.23. The van der Waals surface area contributed by atoms with Crippen LogP contribution < -0.4 is 5.32 Å². The third-order valence-corrected chi connectivity index (χ3v) is 3.24. The molecule has 1 rings (SSSR count). The molecule has 0 spiro atoms. The summed E-state index contributed by atoms with van der Waals surface area (Å²) in [6, 6.07) is 0.929. The van der Waals surface area contributed by atoms with Gasteiger partial charge in [-0.25, -0.2) is 4.79 Å². The van der Waals surface area contributed by atoms with Gasteiger partial charge in [0.05, 0.1) is 0 Å². The number of amides is 2. The van der Waals surface area contributed by atoms with Gasteiger partial charge >= 0.3 is 6.03 Å². The lowest BCUT2D eigenvalue weighted by Gasteiger charge is -2.32. The molecule has 0 aromatic rings. The number of carbonyl (C=O) groups excluding carboxylic acids is 1. The molecule has 0 heterocycles. The van der Waals surface area contributed by atoms with Gasteiger partial charge in [-0.1, -0.05) is 13.8 Å². The van der Waals surface area contributed by atoms with Crippen molar-refractivity contribution in [1.82, 2.24) is 10.2 Å². The summed E-state index contributed by atoms with van der Waals surface area (Å²) >= 11 is 0. The number of urea groups is 1. The molecule has 0 radical (unpaired) electrons. The first-order valence-electron chi connectivity index (χ1n) is 5.72. The maximum absolute atomic E-state index is 11.7. The maximum Gasteiger partial charge on any atom is 0.317 e. The lowest BCUT2D eigenvalue weighted by Crippen LogP contribution is -2.49. The van der Waals surface area contributed by atoms with Crippen LogP contribution in [0.1, 0.15) is 46.0 Å². The van der Waals surface area contributed by atoms with Gasteiger partial charge in [-0.2, -0.15) is 0 Å². The Labute approximate surface area is 86.9 Å². The second kappa shape index (κ2) is 5.23. The molecule has 0 aromatic carbocycles. The van der Waals surface area contributed by atoms with E-state index in [0.29, 0.717) is 12.1 Å². The van der Waals surface area contributed by atoms with Gasteiger partial charge in [0.15, 0.2) is 0 Å². The smallest absolute Gasteiger partial charge is 0.317 e. The van der Waals surface area contributed by atoms with Crippen LogP contribution in [0.25, 0.3) is 0 Å². The van der Waals surface area contributed by atoms with Crippen LogP contribution in [0, 0.1) is 0 Å². The quantitative estimate of drug-likeness (QED) is 0.739. The van der Waals surface area contributed by atoms with E-state index in [1.54, 1.807) is 0 Å². The average Bonchev–Trinajstić information content (AvgIpc) is 2.12. The highest BCUT2D eigenvalue weighted by atomic mass is 16.2. The zero-order valence-corrected chi connectivity index (χ0v) is 9.55. The minimum absolute atomic E-state index is 0.100. The summed E-state index contributed by atoms with van der Waals surface area (Å²) in [5.74, 6) is 0. The largest absolute Gasteiger partial charge is 0.335 e. The number of rotatable bonds is 4. The lowest BCUT2D eigenvalue weighted by atomic mass is 9.93. The van der Waals surface area contributed by atoms with E-state index in [1.165, 1.54) is 6.42 Å². The standard InChI is InChI=1S/C11H22N2O/c1-4-10(5-2)13(3)11(14)12-9-7-6-8-9/h9-10H,4-8H2,1-3H3,(H,12,14). The van der Waals surface area contributed by atoms with Crippen molar-refractivity contribution in [1.29, 1.82) is 0 Å². The van der Waals surface area contributed by atoms with Gasteiger partial charge in [-0.3, -0.25) is 0 Å². The molecule has 3 heteroatoms. The van der Waals surface area contributed by atoms with Gasteiger partial charge in [-0.15, -0.1) is 0 Å². The van der Waals surface area contributed by atoms with Gasteiger partial charge in [0.25, 0.3) is 0 Å². The molecule has 0 saturated heterocycles. The minimum atomic E-state index is 0.100. The Bertz CT molecular complexity index is 186. The van der Waals surface area contributed by atoms with E-state index in [0.717, 1.165) is 25.7 Å². The molecule has 0 bridgehead atoms. The Balaban J connectivity index is 2.33. The zero-order valence-electron chi connectivity index (χ0n) is 9.55. The number of carbonyl (C=O) groups is 1. The van der Waals surface area contributed by atoms with E-state index in [-0.39, 0.29) is 6.03 Å². The fourth-order valence-electron chi connectivity index (χ4n) is 1.83. The summed E-state index contributed by atoms with van der Waals surface area (Å²) in [6.07, 6.45) is 5.64. The molecule has 82 valence electrons. The van der Waals surface area contributed by atoms with Crippen LogP contribution in [0.3, 0.4) is 0 Å². The van der Waals surface area contributed by atoms with Gasteiger partial charge in [0.2, 0.25) is 0 Å². The maximum atomic E-state index is 11.7. The predicted molar refractivity (Wildman–Crippen MR) is 58.3 cm³/mol. The van der Waals surface area contributed by atoms with Crippen molar-refractivity contribution in [3.63, 3.8) is 0 Å². The summed E-state index contributed by atoms with van der Waals surface area (Å²) in [4.78, 5) is 13.6. The number of hydrogen-bond donors (Lipinski definition) is 1. The van der Waals surface area contributed by atoms with Crippen molar-refractivity contribution in [3.05, 3.63) is 0 Å². The molecule has 1 N–H and O–H groups in total. The fraction of sp³-hybridized carbons (Fsp3) is 0.909. The molecule has 0 atom stereocenters. The summed E-state index contributed by atoms with van der Waals surface area (Å²) in [5, 5.41) is 3.05. The van der Waals surface area contributed by atoms with Crippen LogP contribution in [-0.4, -0.2) is 30.1 Å². The SMILES string of the molecule is CCC(CC)N(C)C(=O)NC1CCC1. The molecule has 0 aromatic heterocycles. The van der Waals surface area contributed by atoms with Crippen molar-refractivity contribution in [2.75, 3.05) is 7.05 Å². The topological polar surface area (TPSA) is 32.3 Å². The van der Waals surface area contributed by atoms with E-state index in [4.69, 9.17) is 0 Å². The molecule has 14 heavy (non-hydrogen) atoms. The first kappa shape index (κ1) is 11.3. The van der Waals surface area contributed by atoms with E-state index in [2.05, 4.69) is 19.2 Å². The molecular formula is C11H22N2O. The number of nitrogens with one attached hydrogen (secondary N) is 1. The van der Waals surface area contributed by atoms with E-state index >= 15 is 0 Å². The highest BCUT2D eigenvalue weighted by molar-refractivity contribution is 5.74. The molecule has 1 saturated carbocycles. The van der Waals surface area contributed by atoms with Gasteiger partial charge in [-0.05, 0) is 32.1 Å². The van der Waals surface area contributed by atoms with Gasteiger partial charge in [0, 0.05) is 19.1 Å². The second-order valence-electron chi connectivity index (χ2n) is 4.16. The molecule has 1 fully saturated rings.